The number of urea groups is 1. The van der Waals surface area contributed by atoms with Gasteiger partial charge in [-0.05, 0) is 30.7 Å². The number of nitrogens with zero attached hydrogens (tertiary/aromatic N) is 3. The van der Waals surface area contributed by atoms with Crippen molar-refractivity contribution in [3.8, 4) is 11.5 Å². The average molecular weight is 340 g/mol. The highest BCUT2D eigenvalue weighted by molar-refractivity contribution is 5.90. The SMILES string of the molecule is CCCC[C@H]1C=CCN1C(=O)Nc1ccc(-c2nc(CC)no2)cc1. The van der Waals surface area contributed by atoms with Crippen LogP contribution in [0.2, 0.25) is 0 Å². The number of benzene rings is 1. The zero-order chi connectivity index (χ0) is 17.6. The largest absolute Gasteiger partial charge is 0.334 e. The number of carbonyl (C=O) groups excluding carboxylic acids is 1. The topological polar surface area (TPSA) is 71.3 Å². The molecular weight excluding hydrogens is 316 g/mol. The Morgan fingerprint density at radius 2 is 2.12 bits per heavy atom. The van der Waals surface area contributed by atoms with Crippen molar-refractivity contribution < 1.29 is 9.32 Å². The van der Waals surface area contributed by atoms with Gasteiger partial charge in [-0.1, -0.05) is 44.0 Å². The van der Waals surface area contributed by atoms with E-state index in [-0.39, 0.29) is 12.1 Å². The second-order valence-electron chi connectivity index (χ2n) is 6.17. The van der Waals surface area contributed by atoms with Crippen LogP contribution in [0.5, 0.6) is 0 Å². The second-order valence-corrected chi connectivity index (χ2v) is 6.17. The van der Waals surface area contributed by atoms with Crippen molar-refractivity contribution in [3.05, 3.63) is 42.2 Å². The monoisotopic (exact) mass is 340 g/mol. The summed E-state index contributed by atoms with van der Waals surface area (Å²) in [5, 5.41) is 6.86. The van der Waals surface area contributed by atoms with Crippen LogP contribution in [0.3, 0.4) is 0 Å². The highest BCUT2D eigenvalue weighted by atomic mass is 16.5. The maximum absolute atomic E-state index is 12.5. The fourth-order valence-corrected chi connectivity index (χ4v) is 2.88. The maximum atomic E-state index is 12.5. The summed E-state index contributed by atoms with van der Waals surface area (Å²) in [6.07, 6.45) is 8.19. The number of carbonyl (C=O) groups is 1. The molecule has 0 aliphatic carbocycles. The van der Waals surface area contributed by atoms with Gasteiger partial charge in [0.15, 0.2) is 5.82 Å². The summed E-state index contributed by atoms with van der Waals surface area (Å²) in [6, 6.07) is 7.59. The molecule has 0 fully saturated rings. The van der Waals surface area contributed by atoms with Crippen LogP contribution in [0, 0.1) is 0 Å². The summed E-state index contributed by atoms with van der Waals surface area (Å²) >= 11 is 0. The van der Waals surface area contributed by atoms with Crippen LogP contribution in [-0.2, 0) is 6.42 Å². The van der Waals surface area contributed by atoms with Crippen molar-refractivity contribution in [2.75, 3.05) is 11.9 Å². The lowest BCUT2D eigenvalue weighted by atomic mass is 10.1. The van der Waals surface area contributed by atoms with Gasteiger partial charge in [-0.3, -0.25) is 0 Å². The Morgan fingerprint density at radius 1 is 1.32 bits per heavy atom. The first-order valence-electron chi connectivity index (χ1n) is 8.88. The van der Waals surface area contributed by atoms with Gasteiger partial charge in [-0.25, -0.2) is 4.79 Å². The standard InChI is InChI=1S/C19H24N4O2/c1-3-5-7-16-8-6-13-23(16)19(24)20-15-11-9-14(10-12-15)18-21-17(4-2)22-25-18/h6,8-12,16H,3-5,7,13H2,1-2H3,(H,20,24)/t16-/m0/s1. The van der Waals surface area contributed by atoms with E-state index in [4.69, 9.17) is 4.52 Å². The lowest BCUT2D eigenvalue weighted by Gasteiger charge is -2.24. The number of nitrogens with one attached hydrogen (secondary N) is 1. The summed E-state index contributed by atoms with van der Waals surface area (Å²) in [4.78, 5) is 18.7. The Balaban J connectivity index is 1.62. The van der Waals surface area contributed by atoms with Crippen LogP contribution in [-0.4, -0.2) is 33.7 Å². The van der Waals surface area contributed by atoms with Crippen molar-refractivity contribution in [2.45, 2.75) is 45.6 Å². The van der Waals surface area contributed by atoms with Crippen LogP contribution < -0.4 is 5.32 Å². The number of aryl methyl sites for hydroxylation is 1. The van der Waals surface area contributed by atoms with E-state index >= 15 is 0 Å². The molecular formula is C19H24N4O2. The maximum Gasteiger partial charge on any atom is 0.322 e. The minimum absolute atomic E-state index is 0.0649. The Hall–Kier alpha value is -2.63. The molecule has 0 bridgehead atoms. The molecule has 2 aromatic rings. The molecule has 1 aromatic heterocycles. The minimum Gasteiger partial charge on any atom is -0.334 e. The lowest BCUT2D eigenvalue weighted by molar-refractivity contribution is 0.208. The Kier molecular flexibility index (Phi) is 5.48. The van der Waals surface area contributed by atoms with Crippen molar-refractivity contribution in [3.63, 3.8) is 0 Å². The molecule has 6 nitrogen and oxygen atoms in total. The van der Waals surface area contributed by atoms with E-state index < -0.39 is 0 Å². The molecule has 3 rings (SSSR count). The van der Waals surface area contributed by atoms with Gasteiger partial charge in [0.05, 0.1) is 6.04 Å². The highest BCUT2D eigenvalue weighted by Crippen LogP contribution is 2.21. The lowest BCUT2D eigenvalue weighted by Crippen LogP contribution is -2.39. The first kappa shape index (κ1) is 17.2. The van der Waals surface area contributed by atoms with Crippen LogP contribution in [0.15, 0.2) is 40.9 Å². The molecule has 2 amide bonds. The van der Waals surface area contributed by atoms with Gasteiger partial charge in [-0.2, -0.15) is 4.98 Å². The van der Waals surface area contributed by atoms with E-state index in [0.717, 1.165) is 36.9 Å². The third-order valence-electron chi connectivity index (χ3n) is 4.34. The van der Waals surface area contributed by atoms with Gasteiger partial charge < -0.3 is 14.7 Å². The molecule has 0 spiro atoms. The molecule has 0 unspecified atom stereocenters. The molecule has 2 heterocycles. The number of rotatable bonds is 6. The predicted octanol–water partition coefficient (Wildman–Crippen LogP) is 4.26. The van der Waals surface area contributed by atoms with Gasteiger partial charge in [0.1, 0.15) is 0 Å². The third-order valence-corrected chi connectivity index (χ3v) is 4.34. The van der Waals surface area contributed by atoms with Crippen molar-refractivity contribution in [1.29, 1.82) is 0 Å². The fraction of sp³-hybridized carbons (Fsp3) is 0.421. The molecule has 0 saturated carbocycles. The predicted molar refractivity (Wildman–Crippen MR) is 97.3 cm³/mol. The van der Waals surface area contributed by atoms with Gasteiger partial charge in [-0.15, -0.1) is 0 Å². The number of anilines is 1. The summed E-state index contributed by atoms with van der Waals surface area (Å²) in [5.41, 5.74) is 1.60. The van der Waals surface area contributed by atoms with Gasteiger partial charge >= 0.3 is 6.03 Å². The van der Waals surface area contributed by atoms with Crippen molar-refractivity contribution >= 4 is 11.7 Å². The molecule has 1 aromatic carbocycles. The van der Waals surface area contributed by atoms with E-state index in [0.29, 0.717) is 18.3 Å². The van der Waals surface area contributed by atoms with Crippen LogP contribution in [0.4, 0.5) is 10.5 Å². The van der Waals surface area contributed by atoms with Crippen molar-refractivity contribution in [2.24, 2.45) is 0 Å². The number of hydrogen-bond acceptors (Lipinski definition) is 4. The molecule has 0 radical (unpaired) electrons. The summed E-state index contributed by atoms with van der Waals surface area (Å²) in [5.74, 6) is 1.19. The molecule has 0 saturated heterocycles. The molecule has 1 aliphatic heterocycles. The van der Waals surface area contributed by atoms with E-state index in [1.165, 1.54) is 0 Å². The molecule has 6 heteroatoms. The Morgan fingerprint density at radius 3 is 2.80 bits per heavy atom. The molecule has 1 atom stereocenters. The molecule has 25 heavy (non-hydrogen) atoms. The zero-order valence-corrected chi connectivity index (χ0v) is 14.7. The average Bonchev–Trinajstić information content (AvgIpc) is 3.29. The molecule has 132 valence electrons. The zero-order valence-electron chi connectivity index (χ0n) is 14.7. The van der Waals surface area contributed by atoms with Gasteiger partial charge in [0.25, 0.3) is 5.89 Å². The summed E-state index contributed by atoms with van der Waals surface area (Å²) in [6.45, 7) is 4.81. The first-order chi connectivity index (χ1) is 12.2. The van der Waals surface area contributed by atoms with E-state index in [9.17, 15) is 4.79 Å². The molecule has 1 N–H and O–H groups in total. The van der Waals surface area contributed by atoms with Crippen LogP contribution >= 0.6 is 0 Å². The summed E-state index contributed by atoms with van der Waals surface area (Å²) in [7, 11) is 0. The Bertz CT molecular complexity index is 736. The fourth-order valence-electron chi connectivity index (χ4n) is 2.88. The number of unbranched alkanes of at least 4 members (excludes halogenated alkanes) is 1. The van der Waals surface area contributed by atoms with Crippen LogP contribution in [0.25, 0.3) is 11.5 Å². The minimum atomic E-state index is -0.0649. The number of aromatic nitrogens is 2. The number of amides is 2. The third kappa shape index (κ3) is 4.07. The van der Waals surface area contributed by atoms with E-state index in [1.807, 2.05) is 36.1 Å². The van der Waals surface area contributed by atoms with Gasteiger partial charge in [0.2, 0.25) is 0 Å². The van der Waals surface area contributed by atoms with Crippen LogP contribution in [0.1, 0.15) is 38.9 Å². The summed E-state index contributed by atoms with van der Waals surface area (Å²) < 4.78 is 5.23. The number of hydrogen-bond donors (Lipinski definition) is 1. The Labute approximate surface area is 147 Å². The highest BCUT2D eigenvalue weighted by Gasteiger charge is 2.24. The van der Waals surface area contributed by atoms with E-state index in [2.05, 4.69) is 34.5 Å². The first-order valence-corrected chi connectivity index (χ1v) is 8.88. The van der Waals surface area contributed by atoms with E-state index in [1.54, 1.807) is 0 Å². The van der Waals surface area contributed by atoms with Gasteiger partial charge in [0, 0.05) is 24.2 Å². The molecule has 1 aliphatic rings. The van der Waals surface area contributed by atoms with Crippen molar-refractivity contribution in [1.82, 2.24) is 15.0 Å². The smallest absolute Gasteiger partial charge is 0.322 e. The second kappa shape index (κ2) is 7.96. The quantitative estimate of drug-likeness (QED) is 0.798. The normalized spacial score (nSPS) is 16.4.